The minimum atomic E-state index is -0.788. The van der Waals surface area contributed by atoms with Gasteiger partial charge >= 0.3 is 6.47 Å². The van der Waals surface area contributed by atoms with Crippen molar-refractivity contribution in [2.24, 2.45) is 0 Å². The maximum absolute atomic E-state index is 13.0. The van der Waals surface area contributed by atoms with E-state index in [-0.39, 0.29) is 5.75 Å². The minimum Gasteiger partial charge on any atom is -0.452 e. The lowest BCUT2D eigenvalue weighted by molar-refractivity contribution is -0.0116. The molecule has 0 aliphatic heterocycles. The fourth-order valence-corrected chi connectivity index (χ4v) is 0.926. The molecule has 1 aromatic carbocycles. The Kier molecular flexibility index (Phi) is 3.91. The largest absolute Gasteiger partial charge is 0.452 e. The molecule has 1 atom stereocenters. The van der Waals surface area contributed by atoms with E-state index >= 15 is 0 Å². The fraction of sp³-hybridized carbons (Fsp3) is 0.300. The first-order valence-electron chi connectivity index (χ1n) is 4.22. The highest BCUT2D eigenvalue weighted by Crippen LogP contribution is 2.17. The molecule has 0 spiro atoms. The van der Waals surface area contributed by atoms with Gasteiger partial charge in [0.05, 0.1) is 0 Å². The number of ether oxygens (including phenoxy) is 2. The van der Waals surface area contributed by atoms with Crippen LogP contribution in [0.15, 0.2) is 24.3 Å². The molecule has 0 aliphatic rings. The van der Waals surface area contributed by atoms with Crippen LogP contribution in [0.3, 0.4) is 0 Å². The molecule has 0 N–H and O–H groups in total. The number of carbonyl (C=O) groups excluding carboxylic acids is 1. The lowest BCUT2D eigenvalue weighted by atomic mass is 10.3. The molecule has 1 unspecified atom stereocenters. The topological polar surface area (TPSA) is 35.5 Å². The first kappa shape index (κ1) is 10.5. The normalized spacial score (nSPS) is 11.9. The maximum Gasteiger partial charge on any atom is 0.420 e. The monoisotopic (exact) mass is 197 g/mol. The van der Waals surface area contributed by atoms with Crippen LogP contribution in [0, 0.1) is 5.82 Å². The quantitative estimate of drug-likeness (QED) is 0.677. The van der Waals surface area contributed by atoms with Crippen molar-refractivity contribution < 1.29 is 18.7 Å². The van der Waals surface area contributed by atoms with Crippen LogP contribution in [0.5, 0.6) is 5.75 Å². The summed E-state index contributed by atoms with van der Waals surface area (Å²) >= 11 is 0. The van der Waals surface area contributed by atoms with Gasteiger partial charge in [-0.05, 0) is 12.1 Å². The van der Waals surface area contributed by atoms with Crippen LogP contribution < -0.4 is 4.74 Å². The van der Waals surface area contributed by atoms with Crippen LogP contribution in [0.25, 0.3) is 0 Å². The molecular weight excluding hydrogens is 187 g/mol. The van der Waals surface area contributed by atoms with E-state index in [2.05, 4.69) is 4.74 Å². The molecule has 75 valence electrons. The molecule has 0 heterocycles. The standard InChI is InChI=1S/C10H10FO3/c1-2-10(13-7-12)14-9-6-4-3-5-8(9)11/h3-6,10H,2H2,1H3. The van der Waals surface area contributed by atoms with Crippen molar-refractivity contribution in [2.45, 2.75) is 19.6 Å². The predicted octanol–water partition coefficient (Wildman–Crippen LogP) is 2.02. The molecule has 0 bridgehead atoms. The Morgan fingerprint density at radius 3 is 2.79 bits per heavy atom. The maximum atomic E-state index is 13.0. The molecule has 0 aliphatic carbocycles. The van der Waals surface area contributed by atoms with Gasteiger partial charge in [0.2, 0.25) is 6.29 Å². The van der Waals surface area contributed by atoms with Gasteiger partial charge in [0.25, 0.3) is 0 Å². The summed E-state index contributed by atoms with van der Waals surface area (Å²) in [5.41, 5.74) is 0. The zero-order chi connectivity index (χ0) is 10.4. The van der Waals surface area contributed by atoms with Crippen molar-refractivity contribution >= 4 is 6.47 Å². The van der Waals surface area contributed by atoms with Crippen LogP contribution in [-0.2, 0) is 9.53 Å². The molecule has 1 rings (SSSR count). The fourth-order valence-electron chi connectivity index (χ4n) is 0.926. The van der Waals surface area contributed by atoms with Gasteiger partial charge in [0.1, 0.15) is 0 Å². The van der Waals surface area contributed by atoms with Gasteiger partial charge < -0.3 is 9.47 Å². The van der Waals surface area contributed by atoms with E-state index in [4.69, 9.17) is 4.74 Å². The molecule has 1 radical (unpaired) electrons. The smallest absolute Gasteiger partial charge is 0.420 e. The second kappa shape index (κ2) is 5.21. The number of halogens is 1. The Morgan fingerprint density at radius 1 is 1.50 bits per heavy atom. The van der Waals surface area contributed by atoms with Crippen LogP contribution in [-0.4, -0.2) is 12.8 Å². The van der Waals surface area contributed by atoms with E-state index in [1.54, 1.807) is 19.1 Å². The zero-order valence-electron chi connectivity index (χ0n) is 7.70. The second-order valence-electron chi connectivity index (χ2n) is 2.59. The van der Waals surface area contributed by atoms with Crippen molar-refractivity contribution in [3.8, 4) is 5.75 Å². The van der Waals surface area contributed by atoms with E-state index in [0.29, 0.717) is 6.42 Å². The lowest BCUT2D eigenvalue weighted by Gasteiger charge is -2.14. The summed E-state index contributed by atoms with van der Waals surface area (Å²) in [6.07, 6.45) is -0.353. The van der Waals surface area contributed by atoms with E-state index in [0.717, 1.165) is 0 Å². The van der Waals surface area contributed by atoms with Crippen LogP contribution >= 0.6 is 0 Å². The van der Waals surface area contributed by atoms with Crippen molar-refractivity contribution in [3.05, 3.63) is 30.1 Å². The minimum absolute atomic E-state index is 0.0644. The molecule has 4 heteroatoms. The lowest BCUT2D eigenvalue weighted by Crippen LogP contribution is -2.19. The summed E-state index contributed by atoms with van der Waals surface area (Å²) in [5.74, 6) is -0.421. The highest BCUT2D eigenvalue weighted by atomic mass is 19.1. The Balaban J connectivity index is 2.66. The Hall–Kier alpha value is -1.58. The third-order valence-electron chi connectivity index (χ3n) is 1.61. The van der Waals surface area contributed by atoms with Crippen molar-refractivity contribution in [1.29, 1.82) is 0 Å². The van der Waals surface area contributed by atoms with Crippen LogP contribution in [0.1, 0.15) is 13.3 Å². The third-order valence-corrected chi connectivity index (χ3v) is 1.61. The first-order valence-corrected chi connectivity index (χ1v) is 4.22. The zero-order valence-corrected chi connectivity index (χ0v) is 7.70. The number of hydrogen-bond donors (Lipinski definition) is 0. The molecule has 0 saturated heterocycles. The Morgan fingerprint density at radius 2 is 2.21 bits per heavy atom. The molecule has 0 fully saturated rings. The molecule has 3 nitrogen and oxygen atoms in total. The van der Waals surface area contributed by atoms with Crippen molar-refractivity contribution in [2.75, 3.05) is 0 Å². The van der Waals surface area contributed by atoms with E-state index in [1.165, 1.54) is 18.6 Å². The Labute approximate surface area is 81.4 Å². The molecule has 0 aromatic heterocycles. The van der Waals surface area contributed by atoms with Gasteiger partial charge in [-0.3, -0.25) is 0 Å². The molecular formula is C10H10FO3. The number of benzene rings is 1. The summed E-state index contributed by atoms with van der Waals surface area (Å²) in [5, 5.41) is 0. The predicted molar refractivity (Wildman–Crippen MR) is 47.9 cm³/mol. The molecule has 0 saturated carbocycles. The molecule has 0 amide bonds. The van der Waals surface area contributed by atoms with Crippen molar-refractivity contribution in [3.63, 3.8) is 0 Å². The van der Waals surface area contributed by atoms with E-state index < -0.39 is 12.1 Å². The van der Waals surface area contributed by atoms with E-state index in [9.17, 15) is 9.18 Å². The molecule has 14 heavy (non-hydrogen) atoms. The van der Waals surface area contributed by atoms with Gasteiger partial charge in [-0.2, -0.15) is 0 Å². The average molecular weight is 197 g/mol. The SMILES string of the molecule is CCC(O[C]=O)Oc1ccccc1F. The van der Waals surface area contributed by atoms with Gasteiger partial charge in [0, 0.05) is 6.42 Å². The number of para-hydroxylation sites is 1. The van der Waals surface area contributed by atoms with Gasteiger partial charge in [-0.1, -0.05) is 19.1 Å². The van der Waals surface area contributed by atoms with Crippen LogP contribution in [0.2, 0.25) is 0 Å². The Bertz CT molecular complexity index is 301. The van der Waals surface area contributed by atoms with Crippen LogP contribution in [0.4, 0.5) is 4.39 Å². The van der Waals surface area contributed by atoms with Gasteiger partial charge in [-0.25, -0.2) is 9.18 Å². The van der Waals surface area contributed by atoms with Crippen molar-refractivity contribution in [1.82, 2.24) is 0 Å². The molecule has 1 aromatic rings. The summed E-state index contributed by atoms with van der Waals surface area (Å²) in [6, 6.07) is 5.92. The highest BCUT2D eigenvalue weighted by Gasteiger charge is 2.10. The van der Waals surface area contributed by atoms with E-state index in [1.807, 2.05) is 0 Å². The summed E-state index contributed by atoms with van der Waals surface area (Å²) < 4.78 is 22.6. The van der Waals surface area contributed by atoms with Gasteiger partial charge in [-0.15, -0.1) is 0 Å². The summed E-state index contributed by atoms with van der Waals surface area (Å²) in [6.45, 7) is 3.01. The summed E-state index contributed by atoms with van der Waals surface area (Å²) in [4.78, 5) is 9.93. The average Bonchev–Trinajstić information content (AvgIpc) is 2.20. The first-order chi connectivity index (χ1) is 6.77. The van der Waals surface area contributed by atoms with Gasteiger partial charge in [0.15, 0.2) is 11.6 Å². The summed E-state index contributed by atoms with van der Waals surface area (Å²) in [7, 11) is 0. The number of hydrogen-bond acceptors (Lipinski definition) is 3. The highest BCUT2D eigenvalue weighted by molar-refractivity contribution is 5.38. The third kappa shape index (κ3) is 2.73. The number of rotatable bonds is 5. The second-order valence-corrected chi connectivity index (χ2v) is 2.59.